The van der Waals surface area contributed by atoms with Crippen LogP contribution in [-0.4, -0.2) is 19.1 Å². The van der Waals surface area contributed by atoms with E-state index in [2.05, 4.69) is 33.2 Å². The summed E-state index contributed by atoms with van der Waals surface area (Å²) < 4.78 is 25.6. The number of hydrogen-bond acceptors (Lipinski definition) is 4. The van der Waals surface area contributed by atoms with Crippen LogP contribution in [0.1, 0.15) is 12.5 Å². The highest BCUT2D eigenvalue weighted by Crippen LogP contribution is 2.34. The van der Waals surface area contributed by atoms with Gasteiger partial charge >= 0.3 is 0 Å². The van der Waals surface area contributed by atoms with Gasteiger partial charge in [-0.2, -0.15) is 0 Å². The van der Waals surface area contributed by atoms with Crippen LogP contribution in [0.4, 0.5) is 15.8 Å². The summed E-state index contributed by atoms with van der Waals surface area (Å²) in [5.41, 5.74) is 2.25. The summed E-state index contributed by atoms with van der Waals surface area (Å²) in [6, 6.07) is 15.0. The summed E-state index contributed by atoms with van der Waals surface area (Å²) in [6.07, 6.45) is 0. The van der Waals surface area contributed by atoms with Crippen LogP contribution in [0.5, 0.6) is 11.5 Å². The summed E-state index contributed by atoms with van der Waals surface area (Å²) in [4.78, 5) is 12.3. The summed E-state index contributed by atoms with van der Waals surface area (Å²) in [6.45, 7) is 2.60. The average molecular weight is 589 g/mol. The van der Waals surface area contributed by atoms with Crippen molar-refractivity contribution in [1.29, 1.82) is 0 Å². The Morgan fingerprint density at radius 1 is 1.03 bits per heavy atom. The van der Waals surface area contributed by atoms with Gasteiger partial charge in [0.05, 0.1) is 15.2 Å². The third-order valence-electron chi connectivity index (χ3n) is 4.26. The van der Waals surface area contributed by atoms with Crippen molar-refractivity contribution in [3.05, 3.63) is 79.6 Å². The molecule has 0 unspecified atom stereocenters. The van der Waals surface area contributed by atoms with Crippen LogP contribution in [0, 0.1) is 9.39 Å². The minimum atomic E-state index is -0.466. The summed E-state index contributed by atoms with van der Waals surface area (Å²) in [5.74, 6) is 0.261. The van der Waals surface area contributed by atoms with Gasteiger partial charge in [0.15, 0.2) is 18.1 Å². The number of rotatable bonds is 9. The molecule has 0 heterocycles. The molecular formula is C23H20Cl2FIN2O3. The van der Waals surface area contributed by atoms with E-state index in [1.165, 1.54) is 12.1 Å². The van der Waals surface area contributed by atoms with Crippen molar-refractivity contribution in [2.24, 2.45) is 0 Å². The summed E-state index contributed by atoms with van der Waals surface area (Å²) in [5, 5.41) is 6.60. The lowest BCUT2D eigenvalue weighted by Crippen LogP contribution is -2.20. The zero-order valence-corrected chi connectivity index (χ0v) is 20.7. The van der Waals surface area contributed by atoms with E-state index in [0.717, 1.165) is 9.13 Å². The fraction of sp³-hybridized carbons (Fsp3) is 0.174. The maximum absolute atomic E-state index is 13.3. The highest BCUT2D eigenvalue weighted by Gasteiger charge is 2.14. The van der Waals surface area contributed by atoms with Crippen LogP contribution < -0.4 is 20.1 Å². The van der Waals surface area contributed by atoms with E-state index in [4.69, 9.17) is 32.7 Å². The van der Waals surface area contributed by atoms with Gasteiger partial charge in [0, 0.05) is 22.9 Å². The minimum Gasteiger partial charge on any atom is -0.490 e. The second-order valence-corrected chi connectivity index (χ2v) is 8.67. The largest absolute Gasteiger partial charge is 0.490 e. The van der Waals surface area contributed by atoms with Crippen molar-refractivity contribution in [3.63, 3.8) is 0 Å². The highest BCUT2D eigenvalue weighted by molar-refractivity contribution is 14.1. The first-order valence-electron chi connectivity index (χ1n) is 9.68. The number of carbonyl (C=O) groups excluding carboxylic acids is 1. The minimum absolute atomic E-state index is 0.0558. The van der Waals surface area contributed by atoms with Gasteiger partial charge in [-0.1, -0.05) is 23.2 Å². The molecule has 0 aromatic heterocycles. The Kier molecular flexibility index (Phi) is 8.84. The van der Waals surface area contributed by atoms with Crippen molar-refractivity contribution in [2.45, 2.75) is 13.5 Å². The topological polar surface area (TPSA) is 59.6 Å². The molecule has 0 aliphatic heterocycles. The second-order valence-electron chi connectivity index (χ2n) is 6.66. The molecule has 3 aromatic carbocycles. The summed E-state index contributed by atoms with van der Waals surface area (Å²) in [7, 11) is 0. The van der Waals surface area contributed by atoms with Gasteiger partial charge in [-0.05, 0) is 89.7 Å². The highest BCUT2D eigenvalue weighted by atomic mass is 127. The fourth-order valence-corrected chi connectivity index (χ4v) is 3.93. The molecule has 168 valence electrons. The normalized spacial score (nSPS) is 10.5. The van der Waals surface area contributed by atoms with Crippen molar-refractivity contribution in [3.8, 4) is 11.5 Å². The van der Waals surface area contributed by atoms with Crippen LogP contribution in [0.25, 0.3) is 0 Å². The standard InChI is InChI=1S/C23H20Cl2FIN2O3/c1-2-31-21-10-14(12-28-17-7-8-19(26)18(25)11-17)9-20(27)23(21)32-13-22(30)29-16-5-3-15(24)4-6-16/h3-11,28H,2,12-13H2,1H3,(H,29,30). The number of anilines is 2. The van der Waals surface area contributed by atoms with Crippen molar-refractivity contribution in [2.75, 3.05) is 23.8 Å². The Morgan fingerprint density at radius 3 is 2.44 bits per heavy atom. The smallest absolute Gasteiger partial charge is 0.262 e. The Morgan fingerprint density at radius 2 is 1.75 bits per heavy atom. The number of benzene rings is 3. The molecule has 0 bridgehead atoms. The quantitative estimate of drug-likeness (QED) is 0.271. The molecule has 1 amide bonds. The van der Waals surface area contributed by atoms with Crippen molar-refractivity contribution in [1.82, 2.24) is 0 Å². The van der Waals surface area contributed by atoms with E-state index in [1.807, 2.05) is 19.1 Å². The van der Waals surface area contributed by atoms with E-state index < -0.39 is 5.82 Å². The number of nitrogens with one attached hydrogen (secondary N) is 2. The van der Waals surface area contributed by atoms with Gasteiger partial charge in [0.1, 0.15) is 5.82 Å². The molecule has 0 fully saturated rings. The lowest BCUT2D eigenvalue weighted by molar-refractivity contribution is -0.118. The van der Waals surface area contributed by atoms with Crippen molar-refractivity contribution < 1.29 is 18.7 Å². The predicted molar refractivity (Wildman–Crippen MR) is 135 cm³/mol. The van der Waals surface area contributed by atoms with Gasteiger partial charge in [-0.15, -0.1) is 0 Å². The molecule has 2 N–H and O–H groups in total. The van der Waals surface area contributed by atoms with Crippen LogP contribution in [0.2, 0.25) is 10.0 Å². The lowest BCUT2D eigenvalue weighted by atomic mass is 10.2. The summed E-state index contributed by atoms with van der Waals surface area (Å²) >= 11 is 13.8. The zero-order valence-electron chi connectivity index (χ0n) is 17.1. The average Bonchev–Trinajstić information content (AvgIpc) is 2.76. The SMILES string of the molecule is CCOc1cc(CNc2ccc(F)c(Cl)c2)cc(I)c1OCC(=O)Nc1ccc(Cl)cc1. The van der Waals surface area contributed by atoms with Gasteiger partial charge in [-0.3, -0.25) is 4.79 Å². The number of amides is 1. The van der Waals surface area contributed by atoms with Crippen LogP contribution in [-0.2, 0) is 11.3 Å². The predicted octanol–water partition coefficient (Wildman–Crippen LogP) is 6.77. The van der Waals surface area contributed by atoms with E-state index >= 15 is 0 Å². The Bertz CT molecular complexity index is 1100. The van der Waals surface area contributed by atoms with E-state index in [9.17, 15) is 9.18 Å². The molecule has 5 nitrogen and oxygen atoms in total. The third-order valence-corrected chi connectivity index (χ3v) is 5.60. The lowest BCUT2D eigenvalue weighted by Gasteiger charge is -2.16. The molecule has 0 radical (unpaired) electrons. The van der Waals surface area contributed by atoms with Crippen LogP contribution in [0.3, 0.4) is 0 Å². The Balaban J connectivity index is 1.66. The number of hydrogen-bond donors (Lipinski definition) is 2. The van der Waals surface area contributed by atoms with Crippen LogP contribution in [0.15, 0.2) is 54.6 Å². The number of halogens is 4. The molecule has 0 saturated carbocycles. The molecular weight excluding hydrogens is 569 g/mol. The first-order chi connectivity index (χ1) is 15.4. The zero-order chi connectivity index (χ0) is 23.1. The molecule has 32 heavy (non-hydrogen) atoms. The van der Waals surface area contributed by atoms with Crippen LogP contribution >= 0.6 is 45.8 Å². The van der Waals surface area contributed by atoms with E-state index in [0.29, 0.717) is 41.0 Å². The molecule has 3 rings (SSSR count). The third kappa shape index (κ3) is 6.88. The monoisotopic (exact) mass is 588 g/mol. The Hall–Kier alpha value is -2.23. The molecule has 3 aromatic rings. The number of ether oxygens (including phenoxy) is 2. The van der Waals surface area contributed by atoms with Gasteiger partial charge in [-0.25, -0.2) is 4.39 Å². The first-order valence-corrected chi connectivity index (χ1v) is 11.5. The molecule has 0 aliphatic rings. The van der Waals surface area contributed by atoms with E-state index in [-0.39, 0.29) is 17.5 Å². The fourth-order valence-electron chi connectivity index (χ4n) is 2.80. The molecule has 0 spiro atoms. The molecule has 0 atom stereocenters. The maximum Gasteiger partial charge on any atom is 0.262 e. The maximum atomic E-state index is 13.3. The van der Waals surface area contributed by atoms with Gasteiger partial charge in [0.25, 0.3) is 5.91 Å². The number of carbonyl (C=O) groups is 1. The van der Waals surface area contributed by atoms with E-state index in [1.54, 1.807) is 30.3 Å². The van der Waals surface area contributed by atoms with Gasteiger partial charge in [0.2, 0.25) is 0 Å². The molecule has 0 aliphatic carbocycles. The first kappa shape index (κ1) is 24.4. The van der Waals surface area contributed by atoms with Gasteiger partial charge < -0.3 is 20.1 Å². The Labute approximate surface area is 209 Å². The molecule has 9 heteroatoms. The van der Waals surface area contributed by atoms with Crippen molar-refractivity contribution >= 4 is 63.1 Å². The second kappa shape index (κ2) is 11.6. The molecule has 0 saturated heterocycles.